The summed E-state index contributed by atoms with van der Waals surface area (Å²) in [5.74, 6) is -0.936. The first-order valence-corrected chi connectivity index (χ1v) is 6.68. The highest BCUT2D eigenvalue weighted by Gasteiger charge is 2.36. The van der Waals surface area contributed by atoms with Crippen molar-refractivity contribution in [3.63, 3.8) is 0 Å². The molecular formula is C15H20FNO2. The SMILES string of the molecule is CC(C(=O)O)C1CN(C(C)Cc2ccc(F)cc2)C1. The third-order valence-corrected chi connectivity index (χ3v) is 4.10. The molecule has 0 spiro atoms. The van der Waals surface area contributed by atoms with Gasteiger partial charge < -0.3 is 5.11 Å². The fourth-order valence-electron chi connectivity index (χ4n) is 2.52. The van der Waals surface area contributed by atoms with Gasteiger partial charge in [-0.3, -0.25) is 9.69 Å². The lowest BCUT2D eigenvalue weighted by molar-refractivity contribution is -0.145. The largest absolute Gasteiger partial charge is 0.481 e. The van der Waals surface area contributed by atoms with Crippen molar-refractivity contribution in [1.82, 2.24) is 4.90 Å². The van der Waals surface area contributed by atoms with Crippen molar-refractivity contribution < 1.29 is 14.3 Å². The summed E-state index contributed by atoms with van der Waals surface area (Å²) in [6.07, 6.45) is 0.869. The maximum atomic E-state index is 12.8. The second kappa shape index (κ2) is 5.70. The van der Waals surface area contributed by atoms with Crippen molar-refractivity contribution in [3.8, 4) is 0 Å². The molecular weight excluding hydrogens is 245 g/mol. The third kappa shape index (κ3) is 3.32. The van der Waals surface area contributed by atoms with Gasteiger partial charge in [0.05, 0.1) is 5.92 Å². The molecule has 1 aliphatic rings. The Morgan fingerprint density at radius 2 is 1.95 bits per heavy atom. The molecule has 0 bridgehead atoms. The molecule has 2 unspecified atom stereocenters. The molecule has 0 radical (unpaired) electrons. The molecule has 1 saturated heterocycles. The highest BCUT2D eigenvalue weighted by atomic mass is 19.1. The maximum absolute atomic E-state index is 12.8. The van der Waals surface area contributed by atoms with Crippen LogP contribution in [0.1, 0.15) is 19.4 Å². The molecule has 1 aromatic rings. The Labute approximate surface area is 113 Å². The zero-order valence-electron chi connectivity index (χ0n) is 11.3. The molecule has 1 heterocycles. The number of halogens is 1. The molecule has 1 fully saturated rings. The first kappa shape index (κ1) is 14.0. The molecule has 0 amide bonds. The summed E-state index contributed by atoms with van der Waals surface area (Å²) >= 11 is 0. The van der Waals surface area contributed by atoms with Gasteiger partial charge in [0, 0.05) is 19.1 Å². The Kier molecular flexibility index (Phi) is 4.20. The Hall–Kier alpha value is -1.42. The van der Waals surface area contributed by atoms with Crippen molar-refractivity contribution in [2.75, 3.05) is 13.1 Å². The number of likely N-dealkylation sites (tertiary alicyclic amines) is 1. The lowest BCUT2D eigenvalue weighted by Crippen LogP contribution is -2.54. The van der Waals surface area contributed by atoms with E-state index in [1.807, 2.05) is 12.1 Å². The van der Waals surface area contributed by atoms with E-state index < -0.39 is 5.97 Å². The Morgan fingerprint density at radius 3 is 2.47 bits per heavy atom. The van der Waals surface area contributed by atoms with Crippen LogP contribution in [0.25, 0.3) is 0 Å². The second-order valence-corrected chi connectivity index (χ2v) is 5.52. The summed E-state index contributed by atoms with van der Waals surface area (Å²) in [5.41, 5.74) is 1.11. The number of hydrogen-bond acceptors (Lipinski definition) is 2. The van der Waals surface area contributed by atoms with Crippen molar-refractivity contribution in [2.45, 2.75) is 26.3 Å². The van der Waals surface area contributed by atoms with Gasteiger partial charge in [-0.2, -0.15) is 0 Å². The van der Waals surface area contributed by atoms with Crippen LogP contribution in [0, 0.1) is 17.7 Å². The lowest BCUT2D eigenvalue weighted by atomic mass is 9.85. The van der Waals surface area contributed by atoms with Gasteiger partial charge >= 0.3 is 5.97 Å². The van der Waals surface area contributed by atoms with Crippen molar-refractivity contribution in [3.05, 3.63) is 35.6 Å². The fraction of sp³-hybridized carbons (Fsp3) is 0.533. The quantitative estimate of drug-likeness (QED) is 0.888. The zero-order valence-corrected chi connectivity index (χ0v) is 11.3. The third-order valence-electron chi connectivity index (χ3n) is 4.10. The van der Waals surface area contributed by atoms with E-state index in [0.29, 0.717) is 6.04 Å². The van der Waals surface area contributed by atoms with Crippen LogP contribution in [0.2, 0.25) is 0 Å². The van der Waals surface area contributed by atoms with Crippen molar-refractivity contribution in [1.29, 1.82) is 0 Å². The van der Waals surface area contributed by atoms with Crippen LogP contribution < -0.4 is 0 Å². The fourth-order valence-corrected chi connectivity index (χ4v) is 2.52. The average Bonchev–Trinajstić information content (AvgIpc) is 2.30. The van der Waals surface area contributed by atoms with Crippen LogP contribution in [-0.4, -0.2) is 35.1 Å². The number of benzene rings is 1. The number of aliphatic carboxylic acids is 1. The van der Waals surface area contributed by atoms with Gasteiger partial charge in [-0.1, -0.05) is 19.1 Å². The Morgan fingerprint density at radius 1 is 1.37 bits per heavy atom. The number of carbonyl (C=O) groups is 1. The van der Waals surface area contributed by atoms with E-state index >= 15 is 0 Å². The topological polar surface area (TPSA) is 40.5 Å². The first-order chi connectivity index (χ1) is 8.97. The van der Waals surface area contributed by atoms with Gasteiger partial charge in [-0.05, 0) is 37.0 Å². The lowest BCUT2D eigenvalue weighted by Gasteiger charge is -2.45. The van der Waals surface area contributed by atoms with Crippen LogP contribution in [0.3, 0.4) is 0 Å². The van der Waals surface area contributed by atoms with Crippen molar-refractivity contribution in [2.24, 2.45) is 11.8 Å². The molecule has 0 saturated carbocycles. The number of rotatable bonds is 5. The molecule has 1 N–H and O–H groups in total. The molecule has 0 aliphatic carbocycles. The van der Waals surface area contributed by atoms with Crippen LogP contribution in [0.4, 0.5) is 4.39 Å². The standard InChI is InChI=1S/C15H20FNO2/c1-10(7-12-3-5-14(16)6-4-12)17-8-13(9-17)11(2)15(18)19/h3-6,10-11,13H,7-9H2,1-2H3,(H,18,19). The maximum Gasteiger partial charge on any atom is 0.306 e. The van der Waals surface area contributed by atoms with Crippen LogP contribution in [0.5, 0.6) is 0 Å². The van der Waals surface area contributed by atoms with Gasteiger partial charge in [-0.15, -0.1) is 0 Å². The predicted octanol–water partition coefficient (Wildman–Crippen LogP) is 2.41. The molecule has 2 atom stereocenters. The van der Waals surface area contributed by atoms with Gasteiger partial charge in [0.1, 0.15) is 5.82 Å². The summed E-state index contributed by atoms with van der Waals surface area (Å²) in [6, 6.07) is 6.94. The summed E-state index contributed by atoms with van der Waals surface area (Å²) in [4.78, 5) is 13.2. The highest BCUT2D eigenvalue weighted by Crippen LogP contribution is 2.27. The van der Waals surface area contributed by atoms with E-state index in [4.69, 9.17) is 5.11 Å². The van der Waals surface area contributed by atoms with Crippen molar-refractivity contribution >= 4 is 5.97 Å². The monoisotopic (exact) mass is 265 g/mol. The van der Waals surface area contributed by atoms with E-state index in [9.17, 15) is 9.18 Å². The summed E-state index contributed by atoms with van der Waals surface area (Å²) in [7, 11) is 0. The minimum Gasteiger partial charge on any atom is -0.481 e. The molecule has 1 aromatic carbocycles. The van der Waals surface area contributed by atoms with Gasteiger partial charge in [-0.25, -0.2) is 4.39 Å². The smallest absolute Gasteiger partial charge is 0.306 e. The minimum absolute atomic E-state index is 0.212. The Balaban J connectivity index is 1.81. The van der Waals surface area contributed by atoms with Gasteiger partial charge in [0.25, 0.3) is 0 Å². The Bertz CT molecular complexity index is 440. The number of carboxylic acid groups (broad SMARTS) is 1. The van der Waals surface area contributed by atoms with E-state index in [-0.39, 0.29) is 17.7 Å². The number of hydrogen-bond donors (Lipinski definition) is 1. The summed E-state index contributed by atoms with van der Waals surface area (Å²) in [5, 5.41) is 8.95. The predicted molar refractivity (Wildman–Crippen MR) is 71.4 cm³/mol. The van der Waals surface area contributed by atoms with E-state index in [1.165, 1.54) is 12.1 Å². The normalized spacial score (nSPS) is 19.7. The first-order valence-electron chi connectivity index (χ1n) is 6.68. The van der Waals surface area contributed by atoms with Gasteiger partial charge in [0.2, 0.25) is 0 Å². The summed E-state index contributed by atoms with van der Waals surface area (Å²) in [6.45, 7) is 5.59. The molecule has 0 aromatic heterocycles. The molecule has 4 heteroatoms. The molecule has 104 valence electrons. The molecule has 2 rings (SSSR count). The molecule has 3 nitrogen and oxygen atoms in total. The van der Waals surface area contributed by atoms with Gasteiger partial charge in [0.15, 0.2) is 0 Å². The van der Waals surface area contributed by atoms with E-state index in [2.05, 4.69) is 11.8 Å². The van der Waals surface area contributed by atoms with E-state index in [1.54, 1.807) is 6.92 Å². The minimum atomic E-state index is -0.712. The number of carboxylic acids is 1. The second-order valence-electron chi connectivity index (χ2n) is 5.52. The van der Waals surface area contributed by atoms with Crippen LogP contribution in [0.15, 0.2) is 24.3 Å². The van der Waals surface area contributed by atoms with E-state index in [0.717, 1.165) is 25.1 Å². The molecule has 19 heavy (non-hydrogen) atoms. The van der Waals surface area contributed by atoms with Crippen LogP contribution in [-0.2, 0) is 11.2 Å². The average molecular weight is 265 g/mol. The highest BCUT2D eigenvalue weighted by molar-refractivity contribution is 5.70. The summed E-state index contributed by atoms with van der Waals surface area (Å²) < 4.78 is 12.8. The molecule has 1 aliphatic heterocycles. The zero-order chi connectivity index (χ0) is 14.0. The van der Waals surface area contributed by atoms with Crippen LogP contribution >= 0.6 is 0 Å². The number of nitrogens with zero attached hydrogens (tertiary/aromatic N) is 1.